The average molecular weight is 321 g/mol. The van der Waals surface area contributed by atoms with E-state index in [0.29, 0.717) is 10.6 Å². The number of hydrogen-bond acceptors (Lipinski definition) is 3. The van der Waals surface area contributed by atoms with Crippen molar-refractivity contribution in [1.29, 1.82) is 0 Å². The van der Waals surface area contributed by atoms with E-state index >= 15 is 0 Å². The molecule has 0 radical (unpaired) electrons. The van der Waals surface area contributed by atoms with Gasteiger partial charge in [-0.3, -0.25) is 4.72 Å². The summed E-state index contributed by atoms with van der Waals surface area (Å²) in [5, 5.41) is 0. The highest BCUT2D eigenvalue weighted by Gasteiger charge is 2.19. The molecule has 0 atom stereocenters. The number of benzene rings is 2. The summed E-state index contributed by atoms with van der Waals surface area (Å²) in [4.78, 5) is 1.46. The van der Waals surface area contributed by atoms with Gasteiger partial charge in [-0.2, -0.15) is 0 Å². The van der Waals surface area contributed by atoms with Crippen LogP contribution in [0.2, 0.25) is 0 Å². The maximum absolute atomic E-state index is 12.6. The fraction of sp³-hybridized carbons (Fsp3) is 0.250. The van der Waals surface area contributed by atoms with Gasteiger partial charge < -0.3 is 0 Å². The highest BCUT2D eigenvalue weighted by atomic mass is 32.2. The molecule has 0 heterocycles. The largest absolute Gasteiger partial charge is 0.280 e. The fourth-order valence-electron chi connectivity index (χ4n) is 2.46. The Morgan fingerprint density at radius 1 is 0.952 bits per heavy atom. The zero-order valence-corrected chi connectivity index (χ0v) is 14.2. The van der Waals surface area contributed by atoms with Crippen molar-refractivity contribution >= 4 is 27.5 Å². The highest BCUT2D eigenvalue weighted by Crippen LogP contribution is 2.25. The summed E-state index contributed by atoms with van der Waals surface area (Å²) < 4.78 is 27.8. The molecule has 0 saturated heterocycles. The van der Waals surface area contributed by atoms with Gasteiger partial charge >= 0.3 is 0 Å². The molecule has 2 aromatic rings. The predicted octanol–water partition coefficient (Wildman–Crippen LogP) is 4.13. The highest BCUT2D eigenvalue weighted by molar-refractivity contribution is 7.98. The second kappa shape index (κ2) is 6.12. The molecule has 112 valence electrons. The van der Waals surface area contributed by atoms with Crippen LogP contribution in [-0.4, -0.2) is 14.7 Å². The summed E-state index contributed by atoms with van der Waals surface area (Å²) in [7, 11) is -3.57. The first-order chi connectivity index (χ1) is 9.83. The Morgan fingerprint density at radius 3 is 1.95 bits per heavy atom. The van der Waals surface area contributed by atoms with E-state index in [1.54, 1.807) is 23.9 Å². The molecule has 0 bridgehead atoms. The Hall–Kier alpha value is -1.46. The Kier molecular flexibility index (Phi) is 4.64. The molecule has 1 N–H and O–H groups in total. The van der Waals surface area contributed by atoms with Crippen LogP contribution in [0, 0.1) is 20.8 Å². The molecule has 3 nitrogen and oxygen atoms in total. The van der Waals surface area contributed by atoms with Crippen LogP contribution >= 0.6 is 11.8 Å². The molecule has 0 aliphatic rings. The Morgan fingerprint density at radius 2 is 1.48 bits per heavy atom. The SMILES string of the molecule is CSc1ccc(NS(=O)(=O)c2c(C)cc(C)cc2C)cc1. The van der Waals surface area contributed by atoms with Crippen molar-refractivity contribution in [3.05, 3.63) is 53.1 Å². The molecule has 0 unspecified atom stereocenters. The predicted molar refractivity (Wildman–Crippen MR) is 89.7 cm³/mol. The summed E-state index contributed by atoms with van der Waals surface area (Å²) in [6, 6.07) is 11.1. The maximum atomic E-state index is 12.6. The van der Waals surface area contributed by atoms with Crippen LogP contribution in [0.15, 0.2) is 46.2 Å². The number of anilines is 1. The molecule has 5 heteroatoms. The quantitative estimate of drug-likeness (QED) is 0.861. The number of sulfonamides is 1. The Bertz CT molecular complexity index is 727. The van der Waals surface area contributed by atoms with Crippen molar-refractivity contribution in [2.24, 2.45) is 0 Å². The van der Waals surface area contributed by atoms with E-state index in [1.807, 2.05) is 51.3 Å². The van der Waals surface area contributed by atoms with Crippen LogP contribution in [0.3, 0.4) is 0 Å². The van der Waals surface area contributed by atoms with Gasteiger partial charge in [0.05, 0.1) is 4.90 Å². The Balaban J connectivity index is 2.38. The van der Waals surface area contributed by atoms with Crippen molar-refractivity contribution in [2.75, 3.05) is 11.0 Å². The van der Waals surface area contributed by atoms with E-state index < -0.39 is 10.0 Å². The summed E-state index contributed by atoms with van der Waals surface area (Å²) in [6.45, 7) is 5.61. The lowest BCUT2D eigenvalue weighted by Gasteiger charge is -2.14. The van der Waals surface area contributed by atoms with E-state index in [-0.39, 0.29) is 0 Å². The third-order valence-electron chi connectivity index (χ3n) is 3.22. The lowest BCUT2D eigenvalue weighted by Crippen LogP contribution is -2.15. The molecular formula is C16H19NO2S2. The average Bonchev–Trinajstić information content (AvgIpc) is 2.37. The lowest BCUT2D eigenvalue weighted by molar-refractivity contribution is 0.600. The summed E-state index contributed by atoms with van der Waals surface area (Å²) >= 11 is 1.62. The Labute approximate surface area is 130 Å². The van der Waals surface area contributed by atoms with Gasteiger partial charge in [0, 0.05) is 10.6 Å². The minimum Gasteiger partial charge on any atom is -0.280 e. The van der Waals surface area contributed by atoms with Gasteiger partial charge in [0.1, 0.15) is 0 Å². The van der Waals surface area contributed by atoms with E-state index in [9.17, 15) is 8.42 Å². The maximum Gasteiger partial charge on any atom is 0.262 e. The molecule has 0 aliphatic carbocycles. The number of hydrogen-bond donors (Lipinski definition) is 1. The fourth-order valence-corrected chi connectivity index (χ4v) is 4.38. The van der Waals surface area contributed by atoms with Crippen molar-refractivity contribution in [1.82, 2.24) is 0 Å². The van der Waals surface area contributed by atoms with Crippen molar-refractivity contribution in [2.45, 2.75) is 30.6 Å². The zero-order chi connectivity index (χ0) is 15.6. The molecule has 0 fully saturated rings. The molecule has 2 rings (SSSR count). The van der Waals surface area contributed by atoms with E-state index in [1.165, 1.54) is 0 Å². The summed E-state index contributed by atoms with van der Waals surface area (Å²) in [6.07, 6.45) is 1.98. The number of aryl methyl sites for hydroxylation is 3. The molecule has 21 heavy (non-hydrogen) atoms. The van der Waals surface area contributed by atoms with Gasteiger partial charge in [-0.15, -0.1) is 11.8 Å². The van der Waals surface area contributed by atoms with Crippen molar-refractivity contribution < 1.29 is 8.42 Å². The first-order valence-electron chi connectivity index (χ1n) is 6.58. The first kappa shape index (κ1) is 15.9. The summed E-state index contributed by atoms with van der Waals surface area (Å²) in [5.74, 6) is 0. The normalized spacial score (nSPS) is 11.4. The molecule has 0 aliphatic heterocycles. The molecule has 0 aromatic heterocycles. The second-order valence-electron chi connectivity index (χ2n) is 5.06. The van der Waals surface area contributed by atoms with Gasteiger partial charge in [-0.05, 0) is 62.4 Å². The minimum atomic E-state index is -3.57. The zero-order valence-electron chi connectivity index (χ0n) is 12.6. The molecule has 0 spiro atoms. The third-order valence-corrected chi connectivity index (χ3v) is 5.65. The number of rotatable bonds is 4. The smallest absolute Gasteiger partial charge is 0.262 e. The van der Waals surface area contributed by atoms with Gasteiger partial charge in [-0.1, -0.05) is 17.7 Å². The van der Waals surface area contributed by atoms with Gasteiger partial charge in [0.15, 0.2) is 0 Å². The number of thioether (sulfide) groups is 1. The molecule has 0 amide bonds. The van der Waals surface area contributed by atoms with Crippen molar-refractivity contribution in [3.8, 4) is 0 Å². The van der Waals surface area contributed by atoms with Gasteiger partial charge in [-0.25, -0.2) is 8.42 Å². The van der Waals surface area contributed by atoms with Crippen LogP contribution < -0.4 is 4.72 Å². The lowest BCUT2D eigenvalue weighted by atomic mass is 10.1. The second-order valence-corrected chi connectivity index (χ2v) is 7.56. The van der Waals surface area contributed by atoms with E-state index in [4.69, 9.17) is 0 Å². The third kappa shape index (κ3) is 3.60. The molecule has 0 saturated carbocycles. The van der Waals surface area contributed by atoms with Crippen LogP contribution in [0.25, 0.3) is 0 Å². The molecule has 2 aromatic carbocycles. The summed E-state index contributed by atoms with van der Waals surface area (Å²) in [5.41, 5.74) is 3.17. The molecular weight excluding hydrogens is 302 g/mol. The monoisotopic (exact) mass is 321 g/mol. The number of nitrogens with one attached hydrogen (secondary N) is 1. The van der Waals surface area contributed by atoms with Crippen LogP contribution in [0.5, 0.6) is 0 Å². The van der Waals surface area contributed by atoms with E-state index in [2.05, 4.69) is 4.72 Å². The van der Waals surface area contributed by atoms with Crippen LogP contribution in [0.1, 0.15) is 16.7 Å². The van der Waals surface area contributed by atoms with E-state index in [0.717, 1.165) is 21.6 Å². The first-order valence-corrected chi connectivity index (χ1v) is 9.29. The van der Waals surface area contributed by atoms with Crippen LogP contribution in [-0.2, 0) is 10.0 Å². The van der Waals surface area contributed by atoms with Gasteiger partial charge in [0.25, 0.3) is 10.0 Å². The topological polar surface area (TPSA) is 46.2 Å². The van der Waals surface area contributed by atoms with Crippen LogP contribution in [0.4, 0.5) is 5.69 Å². The van der Waals surface area contributed by atoms with Gasteiger partial charge in [0.2, 0.25) is 0 Å². The standard InChI is InChI=1S/C16H19NO2S2/c1-11-9-12(2)16(13(3)10-11)21(18,19)17-14-5-7-15(20-4)8-6-14/h5-10,17H,1-4H3. The minimum absolute atomic E-state index is 0.363. The van der Waals surface area contributed by atoms with Crippen molar-refractivity contribution in [3.63, 3.8) is 0 Å².